The van der Waals surface area contributed by atoms with Gasteiger partial charge < -0.3 is 5.11 Å². The maximum atomic E-state index is 12.7. The number of halogens is 1. The Morgan fingerprint density at radius 2 is 1.90 bits per heavy atom. The molecule has 0 radical (unpaired) electrons. The Bertz CT molecular complexity index is 1390. The van der Waals surface area contributed by atoms with Crippen molar-refractivity contribution in [1.82, 2.24) is 4.98 Å². The Labute approximate surface area is 189 Å². The van der Waals surface area contributed by atoms with Crippen LogP contribution in [0.15, 0.2) is 74.8 Å². The molecule has 2 N–H and O–H groups in total. The van der Waals surface area contributed by atoms with Crippen molar-refractivity contribution in [2.75, 3.05) is 4.72 Å². The summed E-state index contributed by atoms with van der Waals surface area (Å²) >= 11 is 8.40. The SMILES string of the molecule is O=[N+]([O-])c1cc(S(=O)(=O)Nc2ccc(O)c(Sc3nc4ccccc4s3)c2)ccc1Cl. The number of benzene rings is 3. The summed E-state index contributed by atoms with van der Waals surface area (Å²) in [6, 6.07) is 15.0. The summed E-state index contributed by atoms with van der Waals surface area (Å²) in [5.74, 6) is -0.0330. The molecule has 12 heteroatoms. The van der Waals surface area contributed by atoms with Crippen LogP contribution in [0.4, 0.5) is 11.4 Å². The van der Waals surface area contributed by atoms with Crippen molar-refractivity contribution in [1.29, 1.82) is 0 Å². The van der Waals surface area contributed by atoms with Crippen LogP contribution < -0.4 is 4.72 Å². The number of rotatable bonds is 6. The van der Waals surface area contributed by atoms with E-state index in [1.807, 2.05) is 24.3 Å². The first kappa shape index (κ1) is 21.4. The highest BCUT2D eigenvalue weighted by Crippen LogP contribution is 2.40. The lowest BCUT2D eigenvalue weighted by Crippen LogP contribution is -2.13. The fraction of sp³-hybridized carbons (Fsp3) is 0. The van der Waals surface area contributed by atoms with Gasteiger partial charge in [0.2, 0.25) is 0 Å². The molecule has 158 valence electrons. The number of para-hydroxylation sites is 1. The van der Waals surface area contributed by atoms with Crippen LogP contribution in [0.1, 0.15) is 0 Å². The molecule has 0 amide bonds. The molecule has 8 nitrogen and oxygen atoms in total. The van der Waals surface area contributed by atoms with Crippen molar-refractivity contribution in [3.8, 4) is 5.75 Å². The molecule has 0 atom stereocenters. The molecule has 1 aromatic heterocycles. The molecule has 3 aromatic carbocycles. The van der Waals surface area contributed by atoms with Gasteiger partial charge in [-0.15, -0.1) is 11.3 Å². The van der Waals surface area contributed by atoms with E-state index in [-0.39, 0.29) is 21.4 Å². The molecule has 1 heterocycles. The molecule has 0 aliphatic rings. The highest BCUT2D eigenvalue weighted by atomic mass is 35.5. The van der Waals surface area contributed by atoms with Gasteiger partial charge in [0.1, 0.15) is 10.8 Å². The number of sulfonamides is 1. The Hall–Kier alpha value is -2.86. The summed E-state index contributed by atoms with van der Waals surface area (Å²) in [5.41, 5.74) is 0.497. The lowest BCUT2D eigenvalue weighted by Gasteiger charge is -2.10. The van der Waals surface area contributed by atoms with Crippen LogP contribution in [0.25, 0.3) is 10.2 Å². The number of thiazole rings is 1. The highest BCUT2D eigenvalue weighted by molar-refractivity contribution is 8.01. The normalized spacial score (nSPS) is 11.5. The largest absolute Gasteiger partial charge is 0.507 e. The first-order valence-corrected chi connectivity index (χ1v) is 12.1. The zero-order valence-electron chi connectivity index (χ0n) is 15.4. The highest BCUT2D eigenvalue weighted by Gasteiger charge is 2.21. The summed E-state index contributed by atoms with van der Waals surface area (Å²) < 4.78 is 29.4. The third-order valence-electron chi connectivity index (χ3n) is 4.11. The maximum absolute atomic E-state index is 12.7. The fourth-order valence-electron chi connectivity index (χ4n) is 2.66. The van der Waals surface area contributed by atoms with E-state index in [0.717, 1.165) is 22.3 Å². The third kappa shape index (κ3) is 4.59. The van der Waals surface area contributed by atoms with Crippen LogP contribution in [0.2, 0.25) is 5.02 Å². The van der Waals surface area contributed by atoms with Crippen LogP contribution in [-0.2, 0) is 10.0 Å². The van der Waals surface area contributed by atoms with E-state index in [2.05, 4.69) is 9.71 Å². The Kier molecular flexibility index (Phi) is 5.75. The van der Waals surface area contributed by atoms with Gasteiger partial charge in [0, 0.05) is 6.07 Å². The first-order chi connectivity index (χ1) is 14.7. The number of nitro benzene ring substituents is 1. The lowest BCUT2D eigenvalue weighted by molar-refractivity contribution is -0.384. The molecule has 0 spiro atoms. The molecule has 0 aliphatic carbocycles. The van der Waals surface area contributed by atoms with Crippen LogP contribution in [-0.4, -0.2) is 23.4 Å². The van der Waals surface area contributed by atoms with Crippen molar-refractivity contribution >= 4 is 66.3 Å². The van der Waals surface area contributed by atoms with E-state index in [0.29, 0.717) is 9.24 Å². The summed E-state index contributed by atoms with van der Waals surface area (Å²) in [6.07, 6.45) is 0. The van der Waals surface area contributed by atoms with Crippen LogP contribution >= 0.6 is 34.7 Å². The summed E-state index contributed by atoms with van der Waals surface area (Å²) in [6.45, 7) is 0. The number of phenolic OH excluding ortho intramolecular Hbond substituents is 1. The molecule has 4 aromatic rings. The number of aromatic nitrogens is 1. The molecular formula is C19H12ClN3O5S3. The molecule has 0 fully saturated rings. The number of phenols is 1. The summed E-state index contributed by atoms with van der Waals surface area (Å²) in [7, 11) is -4.13. The van der Waals surface area contributed by atoms with Gasteiger partial charge in [-0.25, -0.2) is 13.4 Å². The monoisotopic (exact) mass is 493 g/mol. The topological polar surface area (TPSA) is 122 Å². The van der Waals surface area contributed by atoms with Gasteiger partial charge in [0.05, 0.1) is 30.6 Å². The van der Waals surface area contributed by atoms with Crippen LogP contribution in [0, 0.1) is 10.1 Å². The van der Waals surface area contributed by atoms with Gasteiger partial charge in [-0.05, 0) is 42.5 Å². The predicted octanol–water partition coefficient (Wildman–Crippen LogP) is 5.52. The van der Waals surface area contributed by atoms with E-state index in [9.17, 15) is 23.6 Å². The summed E-state index contributed by atoms with van der Waals surface area (Å²) in [5, 5.41) is 21.1. The minimum absolute atomic E-state index is 0.0330. The quantitative estimate of drug-likeness (QED) is 0.206. The minimum Gasteiger partial charge on any atom is -0.507 e. The molecule has 4 rings (SSSR count). The number of nitrogens with one attached hydrogen (secondary N) is 1. The second kappa shape index (κ2) is 8.35. The number of aromatic hydroxyl groups is 1. The van der Waals surface area contributed by atoms with Gasteiger partial charge in [0.15, 0.2) is 4.34 Å². The van der Waals surface area contributed by atoms with E-state index >= 15 is 0 Å². The van der Waals surface area contributed by atoms with Crippen molar-refractivity contribution < 1.29 is 18.4 Å². The maximum Gasteiger partial charge on any atom is 0.289 e. The number of anilines is 1. The minimum atomic E-state index is -4.13. The molecule has 31 heavy (non-hydrogen) atoms. The Balaban J connectivity index is 1.62. The molecule has 0 saturated carbocycles. The first-order valence-electron chi connectivity index (χ1n) is 8.56. The van der Waals surface area contributed by atoms with Crippen molar-refractivity contribution in [2.24, 2.45) is 0 Å². The molecule has 0 saturated heterocycles. The van der Waals surface area contributed by atoms with E-state index < -0.39 is 20.6 Å². The zero-order valence-corrected chi connectivity index (χ0v) is 18.6. The van der Waals surface area contributed by atoms with Gasteiger partial charge in [-0.1, -0.05) is 35.5 Å². The number of fused-ring (bicyclic) bond motifs is 1. The fourth-order valence-corrected chi connectivity index (χ4v) is 6.01. The lowest BCUT2D eigenvalue weighted by atomic mass is 10.3. The van der Waals surface area contributed by atoms with Gasteiger partial charge in [-0.2, -0.15) is 0 Å². The van der Waals surface area contributed by atoms with E-state index in [4.69, 9.17) is 11.6 Å². The molecule has 0 bridgehead atoms. The smallest absolute Gasteiger partial charge is 0.289 e. The van der Waals surface area contributed by atoms with Crippen LogP contribution in [0.5, 0.6) is 5.75 Å². The van der Waals surface area contributed by atoms with Gasteiger partial charge >= 0.3 is 0 Å². The average Bonchev–Trinajstić information content (AvgIpc) is 3.12. The second-order valence-electron chi connectivity index (χ2n) is 6.21. The standard InChI is InChI=1S/C19H12ClN3O5S3/c20-13-7-6-12(10-15(13)23(25)26)31(27,28)22-11-5-8-16(24)18(9-11)30-19-21-14-3-1-2-4-17(14)29-19/h1-10,22,24H. The van der Waals surface area contributed by atoms with Gasteiger partial charge in [0.25, 0.3) is 15.7 Å². The number of hydrogen-bond acceptors (Lipinski definition) is 8. The summed E-state index contributed by atoms with van der Waals surface area (Å²) in [4.78, 5) is 14.9. The average molecular weight is 494 g/mol. The van der Waals surface area contributed by atoms with Crippen molar-refractivity contribution in [2.45, 2.75) is 14.1 Å². The van der Waals surface area contributed by atoms with Crippen LogP contribution in [0.3, 0.4) is 0 Å². The molecular weight excluding hydrogens is 482 g/mol. The predicted molar refractivity (Wildman–Crippen MR) is 121 cm³/mol. The Morgan fingerprint density at radius 3 is 2.65 bits per heavy atom. The Morgan fingerprint density at radius 1 is 1.13 bits per heavy atom. The van der Waals surface area contributed by atoms with E-state index in [1.165, 1.54) is 47.4 Å². The second-order valence-corrected chi connectivity index (χ2v) is 10.6. The molecule has 0 unspecified atom stereocenters. The zero-order chi connectivity index (χ0) is 22.2. The number of nitro groups is 1. The van der Waals surface area contributed by atoms with E-state index in [1.54, 1.807) is 0 Å². The van der Waals surface area contributed by atoms with Crippen molar-refractivity contribution in [3.05, 3.63) is 75.8 Å². The number of nitrogens with zero attached hydrogens (tertiary/aromatic N) is 2. The molecule has 0 aliphatic heterocycles. The third-order valence-corrected chi connectivity index (χ3v) is 7.95. The number of hydrogen-bond donors (Lipinski definition) is 2. The van der Waals surface area contributed by atoms with Crippen molar-refractivity contribution in [3.63, 3.8) is 0 Å². The van der Waals surface area contributed by atoms with Gasteiger partial charge in [-0.3, -0.25) is 14.8 Å².